The van der Waals surface area contributed by atoms with Crippen molar-refractivity contribution in [2.45, 2.75) is 25.8 Å². The van der Waals surface area contributed by atoms with Crippen LogP contribution in [0.15, 0.2) is 18.2 Å². The average Bonchev–Trinajstić information content (AvgIpc) is 2.45. The topological polar surface area (TPSA) is 24.5 Å². The van der Waals surface area contributed by atoms with Gasteiger partial charge in [-0.25, -0.2) is 0 Å². The van der Waals surface area contributed by atoms with Crippen LogP contribution in [-0.2, 0) is 6.54 Å². The maximum Gasteiger partial charge on any atom is 0.123 e. The van der Waals surface area contributed by atoms with Gasteiger partial charge in [0.15, 0.2) is 0 Å². The molecule has 1 N–H and O–H groups in total. The van der Waals surface area contributed by atoms with E-state index in [-0.39, 0.29) is 0 Å². The van der Waals surface area contributed by atoms with Crippen LogP contribution in [0, 0.1) is 0 Å². The molecule has 4 heteroatoms. The molecule has 1 aliphatic heterocycles. The van der Waals surface area contributed by atoms with Crippen LogP contribution in [-0.4, -0.2) is 38.2 Å². The van der Waals surface area contributed by atoms with E-state index >= 15 is 0 Å². The smallest absolute Gasteiger partial charge is 0.123 e. The molecule has 0 unspecified atom stereocenters. The van der Waals surface area contributed by atoms with E-state index < -0.39 is 0 Å². The van der Waals surface area contributed by atoms with Gasteiger partial charge in [-0.15, -0.1) is 0 Å². The zero-order valence-corrected chi connectivity index (χ0v) is 12.4. The molecule has 0 saturated carbocycles. The number of nitrogens with zero attached hydrogens (tertiary/aromatic N) is 1. The van der Waals surface area contributed by atoms with Gasteiger partial charge in [0.05, 0.1) is 7.11 Å². The van der Waals surface area contributed by atoms with E-state index in [0.717, 1.165) is 36.0 Å². The number of rotatable bonds is 6. The Kier molecular flexibility index (Phi) is 5.95. The normalized spacial score (nSPS) is 16.5. The molecule has 0 radical (unpaired) electrons. The van der Waals surface area contributed by atoms with Crippen molar-refractivity contribution in [1.29, 1.82) is 0 Å². The molecule has 106 valence electrons. The molecule has 2 rings (SSSR count). The maximum atomic E-state index is 6.02. The van der Waals surface area contributed by atoms with E-state index in [1.165, 1.54) is 32.4 Å². The lowest BCUT2D eigenvalue weighted by Crippen LogP contribution is -2.35. The van der Waals surface area contributed by atoms with Gasteiger partial charge >= 0.3 is 0 Å². The third kappa shape index (κ3) is 4.68. The fourth-order valence-electron chi connectivity index (χ4n) is 2.53. The minimum absolute atomic E-state index is 0.758. The number of likely N-dealkylation sites (tertiary alicyclic amines) is 1. The number of piperidine rings is 1. The van der Waals surface area contributed by atoms with Gasteiger partial charge in [-0.3, -0.25) is 0 Å². The minimum atomic E-state index is 0.758. The summed E-state index contributed by atoms with van der Waals surface area (Å²) in [4.78, 5) is 2.53. The van der Waals surface area contributed by atoms with Crippen molar-refractivity contribution in [3.8, 4) is 5.75 Å². The Morgan fingerprint density at radius 3 is 2.79 bits per heavy atom. The molecule has 0 atom stereocenters. The first kappa shape index (κ1) is 14.6. The number of hydrogen-bond donors (Lipinski definition) is 1. The van der Waals surface area contributed by atoms with Crippen molar-refractivity contribution in [3.63, 3.8) is 0 Å². The van der Waals surface area contributed by atoms with E-state index in [2.05, 4.69) is 10.2 Å². The second-order valence-corrected chi connectivity index (χ2v) is 5.47. The predicted octanol–water partition coefficient (Wildman–Crippen LogP) is 2.92. The highest BCUT2D eigenvalue weighted by Gasteiger charge is 2.09. The Balaban J connectivity index is 1.74. The van der Waals surface area contributed by atoms with Gasteiger partial charge < -0.3 is 15.0 Å². The molecule has 3 nitrogen and oxygen atoms in total. The summed E-state index contributed by atoms with van der Waals surface area (Å²) in [5, 5.41) is 4.23. The highest BCUT2D eigenvalue weighted by molar-refractivity contribution is 6.30. The molecule has 19 heavy (non-hydrogen) atoms. The molecule has 1 aliphatic rings. The molecule has 1 fully saturated rings. The highest BCUT2D eigenvalue weighted by Crippen LogP contribution is 2.22. The second kappa shape index (κ2) is 7.73. The number of methoxy groups -OCH3 is 1. The summed E-state index contributed by atoms with van der Waals surface area (Å²) >= 11 is 6.02. The minimum Gasteiger partial charge on any atom is -0.496 e. The molecule has 1 saturated heterocycles. The van der Waals surface area contributed by atoms with Gasteiger partial charge in [0.1, 0.15) is 5.75 Å². The van der Waals surface area contributed by atoms with Gasteiger partial charge in [-0.2, -0.15) is 0 Å². The Hall–Kier alpha value is -0.770. The summed E-state index contributed by atoms with van der Waals surface area (Å²) in [5.74, 6) is 0.898. The Morgan fingerprint density at radius 2 is 2.05 bits per heavy atom. The lowest BCUT2D eigenvalue weighted by molar-refractivity contribution is 0.229. The van der Waals surface area contributed by atoms with Crippen LogP contribution in [0.25, 0.3) is 0 Å². The Labute approximate surface area is 120 Å². The van der Waals surface area contributed by atoms with Crippen LogP contribution in [0.5, 0.6) is 5.75 Å². The van der Waals surface area contributed by atoms with Crippen molar-refractivity contribution >= 4 is 11.6 Å². The third-order valence-electron chi connectivity index (χ3n) is 3.61. The predicted molar refractivity (Wildman–Crippen MR) is 80.0 cm³/mol. The number of halogens is 1. The molecular formula is C15H23ClN2O. The van der Waals surface area contributed by atoms with Crippen molar-refractivity contribution in [2.75, 3.05) is 33.3 Å². The average molecular weight is 283 g/mol. The van der Waals surface area contributed by atoms with E-state index in [1.54, 1.807) is 7.11 Å². The van der Waals surface area contributed by atoms with Gasteiger partial charge in [0.2, 0.25) is 0 Å². The summed E-state index contributed by atoms with van der Waals surface area (Å²) in [6.07, 6.45) is 4.09. The summed E-state index contributed by atoms with van der Waals surface area (Å²) in [5.41, 5.74) is 1.12. The van der Waals surface area contributed by atoms with Crippen LogP contribution < -0.4 is 10.1 Å². The first-order valence-electron chi connectivity index (χ1n) is 7.05. The second-order valence-electron chi connectivity index (χ2n) is 5.04. The Morgan fingerprint density at radius 1 is 1.26 bits per heavy atom. The Bertz CT molecular complexity index is 392. The van der Waals surface area contributed by atoms with Gasteiger partial charge in [-0.1, -0.05) is 18.0 Å². The van der Waals surface area contributed by atoms with Crippen LogP contribution in [0.1, 0.15) is 24.8 Å². The standard InChI is InChI=1S/C15H23ClN2O/c1-19-15-6-5-14(16)11-13(15)12-17-7-10-18-8-3-2-4-9-18/h5-6,11,17H,2-4,7-10,12H2,1H3. The number of ether oxygens (including phenoxy) is 1. The zero-order chi connectivity index (χ0) is 13.5. The van der Waals surface area contributed by atoms with E-state index in [9.17, 15) is 0 Å². The van der Waals surface area contributed by atoms with E-state index in [0.29, 0.717) is 0 Å². The van der Waals surface area contributed by atoms with Crippen LogP contribution in [0.4, 0.5) is 0 Å². The molecule has 1 heterocycles. The lowest BCUT2D eigenvalue weighted by Gasteiger charge is -2.26. The summed E-state index contributed by atoms with van der Waals surface area (Å²) in [6.45, 7) is 5.44. The molecule has 0 spiro atoms. The summed E-state index contributed by atoms with van der Waals surface area (Å²) in [6, 6.07) is 5.75. The SMILES string of the molecule is COc1ccc(Cl)cc1CNCCN1CCCCC1. The molecule has 0 aliphatic carbocycles. The largest absolute Gasteiger partial charge is 0.496 e. The highest BCUT2D eigenvalue weighted by atomic mass is 35.5. The maximum absolute atomic E-state index is 6.02. The first-order chi connectivity index (χ1) is 9.29. The van der Waals surface area contributed by atoms with Crippen molar-refractivity contribution in [1.82, 2.24) is 10.2 Å². The van der Waals surface area contributed by atoms with E-state index in [4.69, 9.17) is 16.3 Å². The monoisotopic (exact) mass is 282 g/mol. The van der Waals surface area contributed by atoms with Gasteiger partial charge in [-0.05, 0) is 44.1 Å². The quantitative estimate of drug-likeness (QED) is 0.812. The third-order valence-corrected chi connectivity index (χ3v) is 3.85. The molecule has 0 aromatic heterocycles. The first-order valence-corrected chi connectivity index (χ1v) is 7.43. The number of nitrogens with one attached hydrogen (secondary N) is 1. The van der Waals surface area contributed by atoms with Crippen molar-refractivity contribution in [2.24, 2.45) is 0 Å². The number of hydrogen-bond acceptors (Lipinski definition) is 3. The summed E-state index contributed by atoms with van der Waals surface area (Å²) < 4.78 is 5.34. The summed E-state index contributed by atoms with van der Waals surface area (Å²) in [7, 11) is 1.69. The van der Waals surface area contributed by atoms with Crippen LogP contribution in [0.3, 0.4) is 0 Å². The fourth-order valence-corrected chi connectivity index (χ4v) is 2.72. The van der Waals surface area contributed by atoms with E-state index in [1.807, 2.05) is 18.2 Å². The molecule has 1 aromatic rings. The van der Waals surface area contributed by atoms with Crippen molar-refractivity contribution in [3.05, 3.63) is 28.8 Å². The van der Waals surface area contributed by atoms with Gasteiger partial charge in [0, 0.05) is 30.2 Å². The van der Waals surface area contributed by atoms with Crippen molar-refractivity contribution < 1.29 is 4.74 Å². The van der Waals surface area contributed by atoms with Crippen LogP contribution >= 0.6 is 11.6 Å². The molecule has 0 amide bonds. The zero-order valence-electron chi connectivity index (χ0n) is 11.6. The molecular weight excluding hydrogens is 260 g/mol. The number of benzene rings is 1. The molecule has 0 bridgehead atoms. The van der Waals surface area contributed by atoms with Crippen LogP contribution in [0.2, 0.25) is 5.02 Å². The fraction of sp³-hybridized carbons (Fsp3) is 0.600. The van der Waals surface area contributed by atoms with Gasteiger partial charge in [0.25, 0.3) is 0 Å². The lowest BCUT2D eigenvalue weighted by atomic mass is 10.1. The molecule has 1 aromatic carbocycles.